The van der Waals surface area contributed by atoms with Gasteiger partial charge in [0.2, 0.25) is 5.78 Å². The van der Waals surface area contributed by atoms with Crippen molar-refractivity contribution in [2.24, 2.45) is 0 Å². The summed E-state index contributed by atoms with van der Waals surface area (Å²) in [6.07, 6.45) is 0. The highest BCUT2D eigenvalue weighted by molar-refractivity contribution is 6.35. The van der Waals surface area contributed by atoms with Crippen molar-refractivity contribution in [2.45, 2.75) is 19.9 Å². The van der Waals surface area contributed by atoms with Gasteiger partial charge < -0.3 is 5.32 Å². The molecule has 1 rings (SSSR count). The minimum atomic E-state index is -0.572. The van der Waals surface area contributed by atoms with E-state index >= 15 is 0 Å². The Morgan fingerprint density at radius 1 is 1.27 bits per heavy atom. The van der Waals surface area contributed by atoms with E-state index in [0.29, 0.717) is 5.02 Å². The number of carbonyl (C=O) groups is 2. The van der Waals surface area contributed by atoms with Crippen LogP contribution in [0.4, 0.5) is 0 Å². The van der Waals surface area contributed by atoms with E-state index in [1.54, 1.807) is 12.1 Å². The molecule has 1 N–H and O–H groups in total. The molecular formula is C11H12ClNO2. The number of rotatable bonds is 3. The Morgan fingerprint density at radius 3 is 2.27 bits per heavy atom. The highest BCUT2D eigenvalue weighted by Crippen LogP contribution is 2.15. The molecule has 3 nitrogen and oxygen atoms in total. The van der Waals surface area contributed by atoms with Gasteiger partial charge in [-0.3, -0.25) is 9.59 Å². The standard InChI is InChI=1S/C11H12ClNO2/c1-7(13-11(15)8(2)14)9-3-5-10(12)6-4-9/h3-7H,1-2H3,(H,13,15). The number of halogens is 1. The molecule has 80 valence electrons. The van der Waals surface area contributed by atoms with Crippen LogP contribution < -0.4 is 5.32 Å². The van der Waals surface area contributed by atoms with Crippen LogP contribution in [0.3, 0.4) is 0 Å². The van der Waals surface area contributed by atoms with Gasteiger partial charge in [0.1, 0.15) is 0 Å². The van der Waals surface area contributed by atoms with Gasteiger partial charge in [-0.25, -0.2) is 0 Å². The summed E-state index contributed by atoms with van der Waals surface area (Å²) in [5.74, 6) is -1.06. The van der Waals surface area contributed by atoms with Gasteiger partial charge in [-0.05, 0) is 24.6 Å². The zero-order valence-electron chi connectivity index (χ0n) is 8.58. The largest absolute Gasteiger partial charge is 0.343 e. The molecule has 1 amide bonds. The second-order valence-electron chi connectivity index (χ2n) is 3.30. The number of amides is 1. The molecule has 0 spiro atoms. The lowest BCUT2D eigenvalue weighted by Gasteiger charge is -2.12. The zero-order chi connectivity index (χ0) is 11.4. The predicted molar refractivity (Wildman–Crippen MR) is 58.7 cm³/mol. The van der Waals surface area contributed by atoms with Gasteiger partial charge in [0.05, 0.1) is 6.04 Å². The van der Waals surface area contributed by atoms with E-state index in [-0.39, 0.29) is 6.04 Å². The van der Waals surface area contributed by atoms with Crippen LogP contribution in [-0.2, 0) is 9.59 Å². The van der Waals surface area contributed by atoms with Crippen LogP contribution in [-0.4, -0.2) is 11.7 Å². The van der Waals surface area contributed by atoms with Crippen LogP contribution in [0, 0.1) is 0 Å². The molecule has 0 aliphatic heterocycles. The number of Topliss-reactive ketones (excluding diaryl/α,β-unsaturated/α-hetero) is 1. The van der Waals surface area contributed by atoms with Crippen LogP contribution in [0.2, 0.25) is 5.02 Å². The number of ketones is 1. The maximum absolute atomic E-state index is 11.1. The molecule has 1 aromatic rings. The summed E-state index contributed by atoms with van der Waals surface area (Å²) < 4.78 is 0. The van der Waals surface area contributed by atoms with Crippen LogP contribution in [0.15, 0.2) is 24.3 Å². The van der Waals surface area contributed by atoms with Gasteiger partial charge in [-0.1, -0.05) is 23.7 Å². The van der Waals surface area contributed by atoms with Crippen molar-refractivity contribution in [1.29, 1.82) is 0 Å². The molecule has 0 aromatic heterocycles. The highest BCUT2D eigenvalue weighted by atomic mass is 35.5. The molecule has 1 atom stereocenters. The minimum Gasteiger partial charge on any atom is -0.343 e. The van der Waals surface area contributed by atoms with Crippen LogP contribution >= 0.6 is 11.6 Å². The van der Waals surface area contributed by atoms with Crippen molar-refractivity contribution in [3.05, 3.63) is 34.9 Å². The molecule has 0 aliphatic rings. The summed E-state index contributed by atoms with van der Waals surface area (Å²) in [4.78, 5) is 21.8. The average molecular weight is 226 g/mol. The van der Waals surface area contributed by atoms with Crippen molar-refractivity contribution in [3.8, 4) is 0 Å². The third-order valence-corrected chi connectivity index (χ3v) is 2.29. The van der Waals surface area contributed by atoms with Gasteiger partial charge in [-0.2, -0.15) is 0 Å². The predicted octanol–water partition coefficient (Wildman–Crippen LogP) is 2.11. The first-order valence-electron chi connectivity index (χ1n) is 4.57. The van der Waals surface area contributed by atoms with Crippen LogP contribution in [0.25, 0.3) is 0 Å². The van der Waals surface area contributed by atoms with Gasteiger partial charge in [-0.15, -0.1) is 0 Å². The molecule has 0 heterocycles. The second-order valence-corrected chi connectivity index (χ2v) is 3.74. The number of hydrogen-bond donors (Lipinski definition) is 1. The first kappa shape index (κ1) is 11.7. The molecular weight excluding hydrogens is 214 g/mol. The Morgan fingerprint density at radius 2 is 1.80 bits per heavy atom. The number of benzene rings is 1. The summed E-state index contributed by atoms with van der Waals surface area (Å²) in [5.41, 5.74) is 0.911. The van der Waals surface area contributed by atoms with Gasteiger partial charge >= 0.3 is 0 Å². The summed E-state index contributed by atoms with van der Waals surface area (Å²) in [7, 11) is 0. The number of nitrogens with one attached hydrogen (secondary N) is 1. The highest BCUT2D eigenvalue weighted by Gasteiger charge is 2.12. The first-order valence-corrected chi connectivity index (χ1v) is 4.95. The molecule has 0 aliphatic carbocycles. The summed E-state index contributed by atoms with van der Waals surface area (Å²) in [6.45, 7) is 3.05. The Hall–Kier alpha value is -1.35. The molecule has 0 saturated heterocycles. The van der Waals surface area contributed by atoms with E-state index in [1.807, 2.05) is 19.1 Å². The van der Waals surface area contributed by atoms with Gasteiger partial charge in [0, 0.05) is 11.9 Å². The molecule has 0 radical (unpaired) electrons. The lowest BCUT2D eigenvalue weighted by molar-refractivity contribution is -0.137. The van der Waals surface area contributed by atoms with Gasteiger partial charge in [0.15, 0.2) is 0 Å². The van der Waals surface area contributed by atoms with Crippen molar-refractivity contribution >= 4 is 23.3 Å². The maximum atomic E-state index is 11.1. The Bertz CT molecular complexity index is 373. The lowest BCUT2D eigenvalue weighted by atomic mass is 10.1. The maximum Gasteiger partial charge on any atom is 0.287 e. The topological polar surface area (TPSA) is 46.2 Å². The first-order chi connectivity index (χ1) is 7.00. The monoisotopic (exact) mass is 225 g/mol. The number of carbonyl (C=O) groups excluding carboxylic acids is 2. The summed E-state index contributed by atoms with van der Waals surface area (Å²) >= 11 is 5.73. The average Bonchev–Trinajstić information content (AvgIpc) is 2.18. The smallest absolute Gasteiger partial charge is 0.287 e. The normalized spacial score (nSPS) is 11.9. The molecule has 0 saturated carbocycles. The third-order valence-electron chi connectivity index (χ3n) is 2.04. The summed E-state index contributed by atoms with van der Waals surface area (Å²) in [5, 5.41) is 3.23. The van der Waals surface area contributed by atoms with E-state index in [4.69, 9.17) is 11.6 Å². The summed E-state index contributed by atoms with van der Waals surface area (Å²) in [6, 6.07) is 6.92. The van der Waals surface area contributed by atoms with Crippen LogP contribution in [0.5, 0.6) is 0 Å². The fourth-order valence-electron chi connectivity index (χ4n) is 1.13. The van der Waals surface area contributed by atoms with Crippen LogP contribution in [0.1, 0.15) is 25.5 Å². The zero-order valence-corrected chi connectivity index (χ0v) is 9.34. The van der Waals surface area contributed by atoms with E-state index in [2.05, 4.69) is 5.32 Å². The van der Waals surface area contributed by atoms with Crippen molar-refractivity contribution in [1.82, 2.24) is 5.32 Å². The molecule has 15 heavy (non-hydrogen) atoms. The Kier molecular flexibility index (Phi) is 3.86. The van der Waals surface area contributed by atoms with Gasteiger partial charge in [0.25, 0.3) is 5.91 Å². The fraction of sp³-hybridized carbons (Fsp3) is 0.273. The SMILES string of the molecule is CC(=O)C(=O)NC(C)c1ccc(Cl)cc1. The van der Waals surface area contributed by atoms with E-state index in [9.17, 15) is 9.59 Å². The minimum absolute atomic E-state index is 0.196. The second kappa shape index (κ2) is 4.94. The third kappa shape index (κ3) is 3.36. The lowest BCUT2D eigenvalue weighted by Crippen LogP contribution is -2.31. The Balaban J connectivity index is 2.69. The van der Waals surface area contributed by atoms with Crippen molar-refractivity contribution in [3.63, 3.8) is 0 Å². The molecule has 4 heteroatoms. The number of hydrogen-bond acceptors (Lipinski definition) is 2. The van der Waals surface area contributed by atoms with E-state index in [0.717, 1.165) is 5.56 Å². The fourth-order valence-corrected chi connectivity index (χ4v) is 1.26. The quantitative estimate of drug-likeness (QED) is 0.801. The van der Waals surface area contributed by atoms with E-state index in [1.165, 1.54) is 6.92 Å². The molecule has 0 fully saturated rings. The van der Waals surface area contributed by atoms with E-state index < -0.39 is 11.7 Å². The Labute approximate surface area is 93.4 Å². The molecule has 1 aromatic carbocycles. The molecule has 1 unspecified atom stereocenters. The van der Waals surface area contributed by atoms with Crippen molar-refractivity contribution < 1.29 is 9.59 Å². The molecule has 0 bridgehead atoms. The van der Waals surface area contributed by atoms with Crippen molar-refractivity contribution in [2.75, 3.05) is 0 Å².